The number of hydrogen-bond donors (Lipinski definition) is 1. The van der Waals surface area contributed by atoms with Gasteiger partial charge in [-0.3, -0.25) is 0 Å². The summed E-state index contributed by atoms with van der Waals surface area (Å²) >= 11 is 0. The molecule has 64 valence electrons. The zero-order chi connectivity index (χ0) is 8.20. The van der Waals surface area contributed by atoms with Crippen molar-refractivity contribution < 1.29 is 9.84 Å². The van der Waals surface area contributed by atoms with Gasteiger partial charge in [0.15, 0.2) is 0 Å². The van der Waals surface area contributed by atoms with Crippen molar-refractivity contribution >= 4 is 18.9 Å². The molecule has 0 bridgehead atoms. The van der Waals surface area contributed by atoms with Gasteiger partial charge in [0, 0.05) is 6.61 Å². The Morgan fingerprint density at radius 2 is 1.82 bits per heavy atom. The van der Waals surface area contributed by atoms with Crippen LogP contribution in [0.25, 0.3) is 0 Å². The molecule has 0 atom stereocenters. The summed E-state index contributed by atoms with van der Waals surface area (Å²) in [6.45, 7) is 8.20. The summed E-state index contributed by atoms with van der Waals surface area (Å²) in [5.74, 6) is 0. The molecule has 0 radical (unpaired) electrons. The molecule has 0 aliphatic carbocycles. The van der Waals surface area contributed by atoms with Crippen LogP contribution >= 0.6 is 0 Å². The Balaban J connectivity index is 0. The zero-order valence-electron chi connectivity index (χ0n) is 7.35. The molecule has 0 unspecified atom stereocenters. The third-order valence-corrected chi connectivity index (χ3v) is 1.17. The van der Waals surface area contributed by atoms with Gasteiger partial charge in [0.05, 0.1) is 11.7 Å². The summed E-state index contributed by atoms with van der Waals surface area (Å²) in [6.07, 6.45) is 0.966. The molecule has 0 spiro atoms. The first kappa shape index (κ1) is 14.1. The Morgan fingerprint density at radius 3 is 2.09 bits per heavy atom. The molecule has 0 rings (SSSR count). The van der Waals surface area contributed by atoms with Gasteiger partial charge >= 0.3 is 18.9 Å². The molecule has 0 heterocycles. The van der Waals surface area contributed by atoms with Crippen molar-refractivity contribution in [1.82, 2.24) is 0 Å². The monoisotopic (exact) mass is 154 g/mol. The van der Waals surface area contributed by atoms with E-state index in [1.165, 1.54) is 0 Å². The van der Waals surface area contributed by atoms with E-state index in [0.29, 0.717) is 13.0 Å². The van der Waals surface area contributed by atoms with Crippen LogP contribution in [0.3, 0.4) is 0 Å². The normalized spacial score (nSPS) is 11.5. The van der Waals surface area contributed by atoms with Gasteiger partial charge in [0.2, 0.25) is 0 Å². The molecular formula is C8H19LiO2. The van der Waals surface area contributed by atoms with Crippen LogP contribution in [0, 0.1) is 0 Å². The van der Waals surface area contributed by atoms with E-state index < -0.39 is 5.60 Å². The third-order valence-electron chi connectivity index (χ3n) is 1.17. The van der Waals surface area contributed by atoms with Crippen molar-refractivity contribution in [2.75, 3.05) is 6.61 Å². The van der Waals surface area contributed by atoms with Crippen LogP contribution in [0.15, 0.2) is 0 Å². The average Bonchev–Trinajstić information content (AvgIpc) is 1.59. The van der Waals surface area contributed by atoms with E-state index in [4.69, 9.17) is 4.74 Å². The predicted octanol–water partition coefficient (Wildman–Crippen LogP) is 0.924. The second-order valence-electron chi connectivity index (χ2n) is 3.48. The minimum absolute atomic E-state index is 0. The number of rotatable bonds is 4. The summed E-state index contributed by atoms with van der Waals surface area (Å²) in [5.41, 5.74) is -0.588. The van der Waals surface area contributed by atoms with E-state index in [9.17, 15) is 5.11 Å². The maximum absolute atomic E-state index is 9.25. The van der Waals surface area contributed by atoms with Gasteiger partial charge < -0.3 is 9.84 Å². The zero-order valence-corrected chi connectivity index (χ0v) is 7.35. The Hall–Kier alpha value is 0.517. The van der Waals surface area contributed by atoms with Crippen molar-refractivity contribution in [3.63, 3.8) is 0 Å². The van der Waals surface area contributed by atoms with Crippen LogP contribution in [-0.2, 0) is 4.74 Å². The van der Waals surface area contributed by atoms with Crippen molar-refractivity contribution in [3.05, 3.63) is 0 Å². The fourth-order valence-electron chi connectivity index (χ4n) is 0.544. The van der Waals surface area contributed by atoms with Crippen LogP contribution in [0.5, 0.6) is 0 Å². The first-order valence-electron chi connectivity index (χ1n) is 3.76. The second kappa shape index (κ2) is 6.08. The molecule has 0 fully saturated rings. The molecule has 0 amide bonds. The van der Waals surface area contributed by atoms with Crippen molar-refractivity contribution in [2.24, 2.45) is 0 Å². The van der Waals surface area contributed by atoms with E-state index in [0.717, 1.165) is 0 Å². The van der Waals surface area contributed by atoms with Gasteiger partial charge in [-0.15, -0.1) is 0 Å². The predicted molar refractivity (Wildman–Crippen MR) is 49.2 cm³/mol. The molecule has 0 aromatic rings. The van der Waals surface area contributed by atoms with Crippen molar-refractivity contribution in [2.45, 2.75) is 45.8 Å². The molecule has 0 aromatic heterocycles. The van der Waals surface area contributed by atoms with Crippen molar-refractivity contribution in [3.8, 4) is 0 Å². The molecule has 0 aromatic carbocycles. The molecule has 0 saturated carbocycles. The Bertz CT molecular complexity index is 86.6. The van der Waals surface area contributed by atoms with Gasteiger partial charge in [-0.2, -0.15) is 0 Å². The molecular weight excluding hydrogens is 135 g/mol. The second-order valence-corrected chi connectivity index (χ2v) is 3.48. The fraction of sp³-hybridized carbons (Fsp3) is 1.00. The first-order valence-corrected chi connectivity index (χ1v) is 3.76. The SMILES string of the molecule is CC(C)OCCC(C)(C)O.[LiH]. The molecule has 2 nitrogen and oxygen atoms in total. The van der Waals surface area contributed by atoms with Crippen LogP contribution in [0.2, 0.25) is 0 Å². The van der Waals surface area contributed by atoms with E-state index in [-0.39, 0.29) is 25.0 Å². The van der Waals surface area contributed by atoms with Crippen LogP contribution in [-0.4, -0.2) is 42.3 Å². The third kappa shape index (κ3) is 13.5. The summed E-state index contributed by atoms with van der Waals surface area (Å²) in [6, 6.07) is 0. The molecule has 11 heavy (non-hydrogen) atoms. The minimum atomic E-state index is -0.588. The summed E-state index contributed by atoms with van der Waals surface area (Å²) in [7, 11) is 0. The molecule has 0 aliphatic rings. The van der Waals surface area contributed by atoms with E-state index >= 15 is 0 Å². The molecule has 3 heteroatoms. The van der Waals surface area contributed by atoms with Gasteiger partial charge in [-0.05, 0) is 34.1 Å². The Labute approximate surface area is 81.5 Å². The summed E-state index contributed by atoms with van der Waals surface area (Å²) in [5, 5.41) is 9.25. The first-order chi connectivity index (χ1) is 4.42. The van der Waals surface area contributed by atoms with Gasteiger partial charge in [0.1, 0.15) is 0 Å². The average molecular weight is 154 g/mol. The summed E-state index contributed by atoms with van der Waals surface area (Å²) in [4.78, 5) is 0. The molecule has 0 aliphatic heterocycles. The Kier molecular flexibility index (Phi) is 7.77. The number of hydrogen-bond acceptors (Lipinski definition) is 2. The number of aliphatic hydroxyl groups is 1. The van der Waals surface area contributed by atoms with Gasteiger partial charge in [-0.1, -0.05) is 0 Å². The van der Waals surface area contributed by atoms with Gasteiger partial charge in [0.25, 0.3) is 0 Å². The van der Waals surface area contributed by atoms with Crippen LogP contribution in [0.1, 0.15) is 34.1 Å². The maximum atomic E-state index is 9.25. The summed E-state index contributed by atoms with van der Waals surface area (Å²) < 4.78 is 5.26. The van der Waals surface area contributed by atoms with E-state index in [2.05, 4.69) is 0 Å². The fourth-order valence-corrected chi connectivity index (χ4v) is 0.544. The van der Waals surface area contributed by atoms with Gasteiger partial charge in [-0.25, -0.2) is 0 Å². The molecule has 0 saturated heterocycles. The standard InChI is InChI=1S/C8H18O2.Li.H/c1-7(2)10-6-5-8(3,4)9;;/h7,9H,5-6H2,1-4H3;;. The Morgan fingerprint density at radius 1 is 1.36 bits per heavy atom. The topological polar surface area (TPSA) is 29.5 Å². The van der Waals surface area contributed by atoms with E-state index in [1.807, 2.05) is 13.8 Å². The quantitative estimate of drug-likeness (QED) is 0.610. The van der Waals surface area contributed by atoms with Crippen molar-refractivity contribution in [1.29, 1.82) is 0 Å². The molecule has 1 N–H and O–H groups in total. The van der Waals surface area contributed by atoms with Crippen LogP contribution in [0.4, 0.5) is 0 Å². The van der Waals surface area contributed by atoms with Crippen LogP contribution < -0.4 is 0 Å². The number of ether oxygens (including phenoxy) is 1. The van der Waals surface area contributed by atoms with E-state index in [1.54, 1.807) is 13.8 Å².